The quantitative estimate of drug-likeness (QED) is 0.779. The minimum atomic E-state index is -0.226. The number of amides is 1. The number of carbonyl (C=O) groups excluding carboxylic acids is 1. The van der Waals surface area contributed by atoms with E-state index in [1.807, 2.05) is 43.3 Å². The van der Waals surface area contributed by atoms with E-state index in [9.17, 15) is 4.79 Å². The number of nitrogens with one attached hydrogen (secondary N) is 2. The highest BCUT2D eigenvalue weighted by molar-refractivity contribution is 5.67. The molecule has 0 aliphatic carbocycles. The number of ether oxygens (including phenoxy) is 1. The van der Waals surface area contributed by atoms with Crippen molar-refractivity contribution >= 4 is 17.7 Å². The van der Waals surface area contributed by atoms with Gasteiger partial charge in [-0.15, -0.1) is 0 Å². The zero-order valence-electron chi connectivity index (χ0n) is 17.7. The Bertz CT molecular complexity index is 812. The van der Waals surface area contributed by atoms with E-state index in [-0.39, 0.29) is 17.7 Å². The highest BCUT2D eigenvalue weighted by Crippen LogP contribution is 2.24. The molecular weight excluding hydrogens is 366 g/mol. The number of hydrogen-bond donors (Lipinski definition) is 2. The lowest BCUT2D eigenvalue weighted by atomic mass is 10.1. The Morgan fingerprint density at radius 2 is 1.79 bits per heavy atom. The lowest BCUT2D eigenvalue weighted by Crippen LogP contribution is -2.42. The first-order valence-electron chi connectivity index (χ1n) is 10.2. The number of hydrogen-bond acceptors (Lipinski definition) is 6. The molecule has 1 aromatic heterocycles. The van der Waals surface area contributed by atoms with Crippen molar-refractivity contribution < 1.29 is 9.53 Å². The summed E-state index contributed by atoms with van der Waals surface area (Å²) in [5, 5.41) is 6.98. The molecule has 1 saturated heterocycles. The van der Waals surface area contributed by atoms with E-state index in [1.165, 1.54) is 0 Å². The van der Waals surface area contributed by atoms with Crippen molar-refractivity contribution in [1.29, 1.82) is 0 Å². The van der Waals surface area contributed by atoms with Gasteiger partial charge in [-0.25, -0.2) is 14.8 Å². The summed E-state index contributed by atoms with van der Waals surface area (Å²) in [5.74, 6) is 2.27. The van der Waals surface area contributed by atoms with Crippen LogP contribution in [0.15, 0.2) is 36.4 Å². The van der Waals surface area contributed by atoms with Crippen LogP contribution in [-0.4, -0.2) is 52.2 Å². The van der Waals surface area contributed by atoms with Gasteiger partial charge in [-0.3, -0.25) is 0 Å². The Labute approximate surface area is 172 Å². The molecule has 29 heavy (non-hydrogen) atoms. The number of piperidine rings is 1. The maximum absolute atomic E-state index is 11.9. The zero-order chi connectivity index (χ0) is 20.9. The lowest BCUT2D eigenvalue weighted by molar-refractivity contribution is 0.0983. The fourth-order valence-corrected chi connectivity index (χ4v) is 3.32. The van der Waals surface area contributed by atoms with Crippen LogP contribution in [-0.2, 0) is 4.74 Å². The summed E-state index contributed by atoms with van der Waals surface area (Å²) in [7, 11) is 0. The van der Waals surface area contributed by atoms with E-state index < -0.39 is 0 Å². The second-order valence-corrected chi connectivity index (χ2v) is 8.31. The predicted octanol–water partition coefficient (Wildman–Crippen LogP) is 4.39. The van der Waals surface area contributed by atoms with Gasteiger partial charge in [-0.1, -0.05) is 30.3 Å². The highest BCUT2D eigenvalue weighted by Gasteiger charge is 2.24. The highest BCUT2D eigenvalue weighted by atomic mass is 16.6. The van der Waals surface area contributed by atoms with Crippen LogP contribution in [0, 0.1) is 0 Å². The van der Waals surface area contributed by atoms with Gasteiger partial charge < -0.3 is 20.3 Å². The molecule has 1 aromatic carbocycles. The Kier molecular flexibility index (Phi) is 6.56. The van der Waals surface area contributed by atoms with Gasteiger partial charge in [-0.05, 0) is 40.5 Å². The molecule has 1 aliphatic rings. The lowest BCUT2D eigenvalue weighted by Gasteiger charge is -2.32. The van der Waals surface area contributed by atoms with Crippen molar-refractivity contribution in [1.82, 2.24) is 14.9 Å². The number of aromatic nitrogens is 2. The Hall–Kier alpha value is -2.83. The van der Waals surface area contributed by atoms with Crippen molar-refractivity contribution in [2.45, 2.75) is 52.1 Å². The first-order chi connectivity index (χ1) is 13.8. The number of likely N-dealkylation sites (tertiary alicyclic amines) is 1. The van der Waals surface area contributed by atoms with E-state index >= 15 is 0 Å². The smallest absolute Gasteiger partial charge is 0.409 e. The number of nitrogens with zero attached hydrogens (tertiary/aromatic N) is 3. The number of carbonyl (C=O) groups is 1. The molecule has 156 valence electrons. The summed E-state index contributed by atoms with van der Waals surface area (Å²) < 4.78 is 5.10. The Balaban J connectivity index is 1.75. The molecule has 3 rings (SSSR count). The standard InChI is InChI=1S/C22H31N5O2/c1-5-29-21(28)27-13-11-17(12-14-27)23-18-15-19(26-22(2,3)4)25-20(24-18)16-9-7-6-8-10-16/h6-10,15,17H,5,11-14H2,1-4H3,(H2,23,24,25,26). The van der Waals surface area contributed by atoms with Crippen molar-refractivity contribution in [3.8, 4) is 11.4 Å². The normalized spacial score (nSPS) is 15.1. The maximum atomic E-state index is 11.9. The van der Waals surface area contributed by atoms with Crippen LogP contribution in [0.4, 0.5) is 16.4 Å². The fraction of sp³-hybridized carbons (Fsp3) is 0.500. The van der Waals surface area contributed by atoms with Gasteiger partial charge in [0.15, 0.2) is 5.82 Å². The van der Waals surface area contributed by atoms with E-state index in [0.29, 0.717) is 25.5 Å². The van der Waals surface area contributed by atoms with Crippen LogP contribution < -0.4 is 10.6 Å². The van der Waals surface area contributed by atoms with E-state index in [4.69, 9.17) is 14.7 Å². The summed E-state index contributed by atoms with van der Waals surface area (Å²) in [6.45, 7) is 9.92. The van der Waals surface area contributed by atoms with Gasteiger partial charge in [0.1, 0.15) is 11.6 Å². The first kappa shape index (κ1) is 20.9. The number of rotatable bonds is 5. The molecule has 7 heteroatoms. The summed E-state index contributed by atoms with van der Waals surface area (Å²) in [4.78, 5) is 23.1. The van der Waals surface area contributed by atoms with Crippen LogP contribution in [0.1, 0.15) is 40.5 Å². The van der Waals surface area contributed by atoms with Gasteiger partial charge in [-0.2, -0.15) is 0 Å². The molecule has 1 amide bonds. The summed E-state index contributed by atoms with van der Waals surface area (Å²) in [6.07, 6.45) is 1.48. The molecule has 0 radical (unpaired) electrons. The minimum absolute atomic E-state index is 0.107. The second-order valence-electron chi connectivity index (χ2n) is 8.31. The average Bonchev–Trinajstić information content (AvgIpc) is 2.68. The van der Waals surface area contributed by atoms with Crippen molar-refractivity contribution in [3.63, 3.8) is 0 Å². The van der Waals surface area contributed by atoms with Crippen LogP contribution >= 0.6 is 0 Å². The number of anilines is 2. The molecular formula is C22H31N5O2. The molecule has 0 bridgehead atoms. The van der Waals surface area contributed by atoms with E-state index in [0.717, 1.165) is 30.0 Å². The van der Waals surface area contributed by atoms with Crippen molar-refractivity contribution in [2.24, 2.45) is 0 Å². The van der Waals surface area contributed by atoms with Gasteiger partial charge >= 0.3 is 6.09 Å². The summed E-state index contributed by atoms with van der Waals surface area (Å²) >= 11 is 0. The van der Waals surface area contributed by atoms with Gasteiger partial charge in [0.2, 0.25) is 0 Å². The van der Waals surface area contributed by atoms with Crippen molar-refractivity contribution in [2.75, 3.05) is 30.3 Å². The number of benzene rings is 1. The van der Waals surface area contributed by atoms with Crippen molar-refractivity contribution in [3.05, 3.63) is 36.4 Å². The Morgan fingerprint density at radius 1 is 1.14 bits per heavy atom. The molecule has 2 heterocycles. The molecule has 2 N–H and O–H groups in total. The van der Waals surface area contributed by atoms with Crippen LogP contribution in [0.2, 0.25) is 0 Å². The SMILES string of the molecule is CCOC(=O)N1CCC(Nc2cc(NC(C)(C)C)nc(-c3ccccc3)n2)CC1. The molecule has 0 saturated carbocycles. The zero-order valence-corrected chi connectivity index (χ0v) is 17.7. The predicted molar refractivity (Wildman–Crippen MR) is 116 cm³/mol. The third-order valence-electron chi connectivity index (χ3n) is 4.63. The van der Waals surface area contributed by atoms with Gasteiger partial charge in [0.25, 0.3) is 0 Å². The van der Waals surface area contributed by atoms with E-state index in [1.54, 1.807) is 4.90 Å². The third-order valence-corrected chi connectivity index (χ3v) is 4.63. The molecule has 1 aliphatic heterocycles. The fourth-order valence-electron chi connectivity index (χ4n) is 3.32. The topological polar surface area (TPSA) is 79.4 Å². The van der Waals surface area contributed by atoms with Crippen LogP contribution in [0.5, 0.6) is 0 Å². The Morgan fingerprint density at radius 3 is 2.41 bits per heavy atom. The van der Waals surface area contributed by atoms with E-state index in [2.05, 4.69) is 31.4 Å². The maximum Gasteiger partial charge on any atom is 0.409 e. The van der Waals surface area contributed by atoms with Gasteiger partial charge in [0.05, 0.1) is 6.61 Å². The average molecular weight is 398 g/mol. The molecule has 1 fully saturated rings. The molecule has 0 spiro atoms. The van der Waals surface area contributed by atoms with Gasteiger partial charge in [0, 0.05) is 36.3 Å². The molecule has 0 atom stereocenters. The first-order valence-corrected chi connectivity index (χ1v) is 10.2. The molecule has 0 unspecified atom stereocenters. The largest absolute Gasteiger partial charge is 0.450 e. The summed E-state index contributed by atoms with van der Waals surface area (Å²) in [5.41, 5.74) is 0.870. The van der Waals surface area contributed by atoms with Crippen LogP contribution in [0.25, 0.3) is 11.4 Å². The van der Waals surface area contributed by atoms with Crippen LogP contribution in [0.3, 0.4) is 0 Å². The minimum Gasteiger partial charge on any atom is -0.450 e. The molecule has 7 nitrogen and oxygen atoms in total. The summed E-state index contributed by atoms with van der Waals surface area (Å²) in [6, 6.07) is 12.2. The monoisotopic (exact) mass is 397 g/mol. The third kappa shape index (κ3) is 6.07. The molecule has 2 aromatic rings. The second kappa shape index (κ2) is 9.11.